The summed E-state index contributed by atoms with van der Waals surface area (Å²) in [7, 11) is 0. The second kappa shape index (κ2) is 9.02. The van der Waals surface area contributed by atoms with Crippen molar-refractivity contribution in [2.45, 2.75) is 25.6 Å². The summed E-state index contributed by atoms with van der Waals surface area (Å²) in [4.78, 5) is 0. The Morgan fingerprint density at radius 1 is 0.771 bits per heavy atom. The molecule has 180 valence electrons. The van der Waals surface area contributed by atoms with Crippen molar-refractivity contribution >= 4 is 24.3 Å². The molecule has 0 saturated heterocycles. The van der Waals surface area contributed by atoms with E-state index in [0.717, 1.165) is 15.7 Å². The summed E-state index contributed by atoms with van der Waals surface area (Å²) in [5.74, 6) is 1.24. The number of nitrogens with zero attached hydrogens (tertiary/aromatic N) is 1. The van der Waals surface area contributed by atoms with Crippen LogP contribution in [0.5, 0.6) is 23.0 Å². The Kier molecular flexibility index (Phi) is 5.88. The summed E-state index contributed by atoms with van der Waals surface area (Å²) in [5.41, 5.74) is 3.51. The van der Waals surface area contributed by atoms with Gasteiger partial charge < -0.3 is 19.7 Å². The molecule has 3 heterocycles. The predicted octanol–water partition coefficient (Wildman–Crippen LogP) is 5.16. The van der Waals surface area contributed by atoms with Crippen LogP contribution in [0.3, 0.4) is 0 Å². The smallest absolute Gasteiger partial charge is 0.448 e. The number of aromatic hydroxyl groups is 2. The van der Waals surface area contributed by atoms with Gasteiger partial charge in [-0.25, -0.2) is 0 Å². The van der Waals surface area contributed by atoms with Crippen molar-refractivity contribution in [3.63, 3.8) is 0 Å². The zero-order valence-electron chi connectivity index (χ0n) is 18.7. The van der Waals surface area contributed by atoms with Crippen LogP contribution in [0.2, 0.25) is 0 Å². The standard InChI is InChI=1S/C27H22F3NO4/c28-27(29,30)16-31-21(6-4-17-12-19-8-10-34-25(19)14-23(17)32)2-1-3-22(31)7-5-18-13-20-9-11-35-26(20)15-24(18)33/h1-7,12-15H,8-11,16H2,(H,32,33)/p+1. The van der Waals surface area contributed by atoms with Crippen molar-refractivity contribution in [1.29, 1.82) is 0 Å². The Labute approximate surface area is 200 Å². The van der Waals surface area contributed by atoms with E-state index in [1.54, 1.807) is 54.6 Å². The highest BCUT2D eigenvalue weighted by Crippen LogP contribution is 2.34. The lowest BCUT2D eigenvalue weighted by molar-refractivity contribution is -0.722. The Bertz CT molecular complexity index is 1250. The van der Waals surface area contributed by atoms with E-state index in [-0.39, 0.29) is 11.5 Å². The van der Waals surface area contributed by atoms with Crippen LogP contribution in [-0.2, 0) is 19.4 Å². The zero-order valence-corrected chi connectivity index (χ0v) is 18.7. The minimum atomic E-state index is -4.45. The van der Waals surface area contributed by atoms with Gasteiger partial charge in [-0.1, -0.05) is 0 Å². The van der Waals surface area contributed by atoms with Gasteiger partial charge in [0.15, 0.2) is 0 Å². The topological polar surface area (TPSA) is 62.8 Å². The largest absolute Gasteiger partial charge is 0.507 e. The molecular formula is C27H23F3NO4+. The molecule has 0 bridgehead atoms. The van der Waals surface area contributed by atoms with Crippen molar-refractivity contribution in [3.05, 3.63) is 76.1 Å². The first kappa shape index (κ1) is 22.8. The second-order valence-corrected chi connectivity index (χ2v) is 8.48. The highest BCUT2D eigenvalue weighted by atomic mass is 19.4. The zero-order chi connectivity index (χ0) is 24.6. The first-order chi connectivity index (χ1) is 16.8. The number of hydrogen-bond donors (Lipinski definition) is 2. The molecule has 2 aromatic carbocycles. The van der Waals surface area contributed by atoms with E-state index in [1.807, 2.05) is 0 Å². The third kappa shape index (κ3) is 4.96. The van der Waals surface area contributed by atoms with Gasteiger partial charge in [0.05, 0.1) is 13.2 Å². The molecule has 0 radical (unpaired) electrons. The van der Waals surface area contributed by atoms with Gasteiger partial charge in [0.1, 0.15) is 23.0 Å². The number of rotatable bonds is 5. The van der Waals surface area contributed by atoms with Crippen molar-refractivity contribution in [2.75, 3.05) is 13.2 Å². The summed E-state index contributed by atoms with van der Waals surface area (Å²) >= 11 is 0. The molecule has 5 rings (SSSR count). The molecule has 0 amide bonds. The minimum absolute atomic E-state index is 0.00335. The van der Waals surface area contributed by atoms with E-state index < -0.39 is 12.7 Å². The average Bonchev–Trinajstić information content (AvgIpc) is 3.44. The van der Waals surface area contributed by atoms with Gasteiger partial charge in [0.2, 0.25) is 17.9 Å². The summed E-state index contributed by atoms with van der Waals surface area (Å²) < 4.78 is 52.5. The monoisotopic (exact) mass is 482 g/mol. The lowest BCUT2D eigenvalue weighted by Crippen LogP contribution is -2.46. The highest BCUT2D eigenvalue weighted by molar-refractivity contribution is 5.74. The molecule has 1 aromatic heterocycles. The van der Waals surface area contributed by atoms with E-state index in [0.29, 0.717) is 60.1 Å². The molecule has 35 heavy (non-hydrogen) atoms. The molecule has 0 aliphatic carbocycles. The fourth-order valence-electron chi connectivity index (χ4n) is 4.31. The highest BCUT2D eigenvalue weighted by Gasteiger charge is 2.35. The number of phenolic OH excluding ortho intramolecular Hbond substituents is 2. The lowest BCUT2D eigenvalue weighted by atomic mass is 10.1. The van der Waals surface area contributed by atoms with Crippen LogP contribution < -0.4 is 14.0 Å². The molecule has 0 fully saturated rings. The number of benzene rings is 2. The SMILES string of the molecule is Oc1cc2c(cc1/C=C/c1cccc(/C=C/c3cc4c(cc3O)OCC4)[n+]1CC(F)(F)F)CCO2. The van der Waals surface area contributed by atoms with Crippen LogP contribution in [0.1, 0.15) is 33.6 Å². The lowest BCUT2D eigenvalue weighted by Gasteiger charge is -2.08. The van der Waals surface area contributed by atoms with E-state index in [4.69, 9.17) is 9.47 Å². The molecule has 0 spiro atoms. The average molecular weight is 482 g/mol. The molecule has 0 atom stereocenters. The van der Waals surface area contributed by atoms with Gasteiger partial charge in [-0.2, -0.15) is 17.7 Å². The normalized spacial score (nSPS) is 14.8. The van der Waals surface area contributed by atoms with Gasteiger partial charge in [-0.3, -0.25) is 0 Å². The predicted molar refractivity (Wildman–Crippen MR) is 125 cm³/mol. The van der Waals surface area contributed by atoms with E-state index in [9.17, 15) is 23.4 Å². The van der Waals surface area contributed by atoms with Gasteiger partial charge in [-0.15, -0.1) is 0 Å². The van der Waals surface area contributed by atoms with Gasteiger partial charge in [0, 0.05) is 60.4 Å². The van der Waals surface area contributed by atoms with Crippen LogP contribution in [0.4, 0.5) is 13.2 Å². The van der Waals surface area contributed by atoms with E-state index >= 15 is 0 Å². The molecule has 2 aliphatic heterocycles. The van der Waals surface area contributed by atoms with Crippen LogP contribution in [-0.4, -0.2) is 29.6 Å². The Balaban J connectivity index is 1.50. The molecule has 0 unspecified atom stereocenters. The van der Waals surface area contributed by atoms with Crippen molar-refractivity contribution in [2.24, 2.45) is 0 Å². The summed E-state index contributed by atoms with van der Waals surface area (Å²) in [6.45, 7) is -0.120. The Hall–Kier alpha value is -3.94. The first-order valence-corrected chi connectivity index (χ1v) is 11.2. The van der Waals surface area contributed by atoms with Crippen LogP contribution >= 0.6 is 0 Å². The van der Waals surface area contributed by atoms with Gasteiger partial charge in [-0.05, 0) is 41.5 Å². The number of halogens is 3. The molecule has 2 aliphatic rings. The van der Waals surface area contributed by atoms with E-state index in [2.05, 4.69) is 0 Å². The van der Waals surface area contributed by atoms with E-state index in [1.165, 1.54) is 12.1 Å². The van der Waals surface area contributed by atoms with Crippen LogP contribution in [0, 0.1) is 0 Å². The number of hydrogen-bond acceptors (Lipinski definition) is 4. The number of aromatic nitrogens is 1. The molecule has 8 heteroatoms. The maximum atomic E-state index is 13.5. The van der Waals surface area contributed by atoms with Crippen molar-refractivity contribution in [1.82, 2.24) is 0 Å². The molecule has 0 saturated carbocycles. The molecule has 3 aromatic rings. The maximum Gasteiger partial charge on any atom is 0.448 e. The first-order valence-electron chi connectivity index (χ1n) is 11.2. The molecule has 5 nitrogen and oxygen atoms in total. The second-order valence-electron chi connectivity index (χ2n) is 8.48. The Morgan fingerprint density at radius 3 is 1.71 bits per heavy atom. The van der Waals surface area contributed by atoms with Crippen molar-refractivity contribution < 1.29 is 37.4 Å². The van der Waals surface area contributed by atoms with Crippen LogP contribution in [0.25, 0.3) is 24.3 Å². The third-order valence-corrected chi connectivity index (χ3v) is 6.04. The number of ether oxygens (including phenoxy) is 2. The van der Waals surface area contributed by atoms with Crippen molar-refractivity contribution in [3.8, 4) is 23.0 Å². The fourth-order valence-corrected chi connectivity index (χ4v) is 4.31. The van der Waals surface area contributed by atoms with Gasteiger partial charge >= 0.3 is 6.18 Å². The fraction of sp³-hybridized carbons (Fsp3) is 0.222. The summed E-state index contributed by atoms with van der Waals surface area (Å²) in [5, 5.41) is 20.6. The number of phenols is 2. The van der Waals surface area contributed by atoms with Crippen LogP contribution in [0.15, 0.2) is 42.5 Å². The number of pyridine rings is 1. The molecular weight excluding hydrogens is 459 g/mol. The van der Waals surface area contributed by atoms with Gasteiger partial charge in [0.25, 0.3) is 0 Å². The quantitative estimate of drug-likeness (QED) is 0.494. The summed E-state index contributed by atoms with van der Waals surface area (Å²) in [6.07, 6.45) is 3.26. The minimum Gasteiger partial charge on any atom is -0.507 e. The third-order valence-electron chi connectivity index (χ3n) is 6.04. The number of alkyl halides is 3. The number of fused-ring (bicyclic) bond motifs is 2. The maximum absolute atomic E-state index is 13.5. The molecule has 2 N–H and O–H groups in total. The Morgan fingerprint density at radius 2 is 1.26 bits per heavy atom. The summed E-state index contributed by atoms with van der Waals surface area (Å²) in [6, 6.07) is 11.4.